The lowest BCUT2D eigenvalue weighted by atomic mass is 10.1. The van der Waals surface area contributed by atoms with Gasteiger partial charge in [-0.05, 0) is 34.7 Å². The number of hydrogen-bond donors (Lipinski definition) is 2. The first-order chi connectivity index (χ1) is 11.7. The lowest BCUT2D eigenvalue weighted by Gasteiger charge is -2.10. The lowest BCUT2D eigenvalue weighted by Crippen LogP contribution is -2.25. The first kappa shape index (κ1) is 15.4. The summed E-state index contributed by atoms with van der Waals surface area (Å²) in [5.41, 5.74) is 0.765. The number of para-hydroxylation sites is 1. The summed E-state index contributed by atoms with van der Waals surface area (Å²) in [7, 11) is 0. The number of carbonyl (C=O) groups is 2. The smallest absolute Gasteiger partial charge is 0.253 e. The van der Waals surface area contributed by atoms with Crippen LogP contribution in [0.1, 0.15) is 16.1 Å². The van der Waals surface area contributed by atoms with Crippen LogP contribution in [0.4, 0.5) is 5.69 Å². The van der Waals surface area contributed by atoms with Gasteiger partial charge in [0.2, 0.25) is 5.91 Å². The minimum atomic E-state index is -0.339. The Kier molecular flexibility index (Phi) is 4.61. The molecule has 0 fully saturated rings. The van der Waals surface area contributed by atoms with Crippen LogP contribution in [0.25, 0.3) is 0 Å². The van der Waals surface area contributed by atoms with Crippen molar-refractivity contribution in [1.82, 2.24) is 25.5 Å². The summed E-state index contributed by atoms with van der Waals surface area (Å²) in [6, 6.07) is 10.2. The van der Waals surface area contributed by atoms with Gasteiger partial charge in [0.05, 0.1) is 24.1 Å². The van der Waals surface area contributed by atoms with Crippen molar-refractivity contribution in [1.29, 1.82) is 0 Å². The minimum Gasteiger partial charge on any atom is -0.467 e. The fourth-order valence-electron chi connectivity index (χ4n) is 2.06. The molecule has 3 aromatic rings. The normalized spacial score (nSPS) is 10.3. The van der Waals surface area contributed by atoms with E-state index in [0.29, 0.717) is 17.0 Å². The zero-order chi connectivity index (χ0) is 16.8. The van der Waals surface area contributed by atoms with Crippen LogP contribution in [0.2, 0.25) is 0 Å². The van der Waals surface area contributed by atoms with Crippen LogP contribution >= 0.6 is 0 Å². The van der Waals surface area contributed by atoms with Crippen molar-refractivity contribution >= 4 is 17.5 Å². The zero-order valence-corrected chi connectivity index (χ0v) is 12.5. The highest BCUT2D eigenvalue weighted by Gasteiger charge is 2.13. The van der Waals surface area contributed by atoms with E-state index in [2.05, 4.69) is 26.2 Å². The molecule has 2 aromatic heterocycles. The molecule has 9 nitrogen and oxygen atoms in total. The Morgan fingerprint density at radius 3 is 2.79 bits per heavy atom. The minimum absolute atomic E-state index is 0.0463. The predicted octanol–water partition coefficient (Wildman–Crippen LogP) is 0.835. The predicted molar refractivity (Wildman–Crippen MR) is 82.8 cm³/mol. The van der Waals surface area contributed by atoms with Crippen molar-refractivity contribution in [3.63, 3.8) is 0 Å². The van der Waals surface area contributed by atoms with Crippen LogP contribution in [0.5, 0.6) is 0 Å². The van der Waals surface area contributed by atoms with Crippen molar-refractivity contribution in [3.05, 3.63) is 60.3 Å². The fourth-order valence-corrected chi connectivity index (χ4v) is 2.06. The molecule has 2 N–H and O–H groups in total. The van der Waals surface area contributed by atoms with Gasteiger partial charge >= 0.3 is 0 Å². The second-order valence-electron chi connectivity index (χ2n) is 4.86. The molecule has 0 unspecified atom stereocenters. The quantitative estimate of drug-likeness (QED) is 0.693. The van der Waals surface area contributed by atoms with Crippen LogP contribution in [0, 0.1) is 0 Å². The molecule has 0 radical (unpaired) electrons. The molecule has 0 spiro atoms. The van der Waals surface area contributed by atoms with Crippen LogP contribution in [0.15, 0.2) is 53.4 Å². The molecule has 9 heteroatoms. The molecule has 0 aliphatic carbocycles. The number of rotatable bonds is 6. The Balaban J connectivity index is 1.65. The molecule has 0 atom stereocenters. The summed E-state index contributed by atoms with van der Waals surface area (Å²) in [6.45, 7) is 0.216. The number of carbonyl (C=O) groups excluding carboxylic acids is 2. The third kappa shape index (κ3) is 3.83. The van der Waals surface area contributed by atoms with Crippen molar-refractivity contribution in [2.45, 2.75) is 13.1 Å². The molecule has 122 valence electrons. The summed E-state index contributed by atoms with van der Waals surface area (Å²) in [5, 5.41) is 16.0. The van der Waals surface area contributed by atoms with Crippen molar-refractivity contribution in [3.8, 4) is 0 Å². The van der Waals surface area contributed by atoms with Gasteiger partial charge in [-0.3, -0.25) is 9.59 Å². The molecule has 1 aromatic carbocycles. The van der Waals surface area contributed by atoms with E-state index in [-0.39, 0.29) is 24.9 Å². The summed E-state index contributed by atoms with van der Waals surface area (Å²) in [4.78, 5) is 24.3. The van der Waals surface area contributed by atoms with Gasteiger partial charge in [-0.2, -0.15) is 0 Å². The third-order valence-corrected chi connectivity index (χ3v) is 3.15. The van der Waals surface area contributed by atoms with E-state index in [9.17, 15) is 9.59 Å². The van der Waals surface area contributed by atoms with Gasteiger partial charge in [-0.15, -0.1) is 5.10 Å². The largest absolute Gasteiger partial charge is 0.467 e. The van der Waals surface area contributed by atoms with Crippen molar-refractivity contribution in [2.24, 2.45) is 0 Å². The van der Waals surface area contributed by atoms with Gasteiger partial charge in [-0.1, -0.05) is 12.1 Å². The maximum atomic E-state index is 12.3. The number of tetrazole rings is 1. The highest BCUT2D eigenvalue weighted by molar-refractivity contribution is 6.03. The SMILES string of the molecule is O=C(Cn1cnnn1)Nc1ccccc1C(=O)NCc1ccco1. The van der Waals surface area contributed by atoms with Gasteiger partial charge in [0.15, 0.2) is 0 Å². The van der Waals surface area contributed by atoms with Crippen LogP contribution in [-0.4, -0.2) is 32.0 Å². The van der Waals surface area contributed by atoms with Gasteiger partial charge < -0.3 is 15.1 Å². The number of amides is 2. The Morgan fingerprint density at radius 1 is 1.17 bits per heavy atom. The van der Waals surface area contributed by atoms with Gasteiger partial charge in [0.1, 0.15) is 18.6 Å². The first-order valence-electron chi connectivity index (χ1n) is 7.12. The average molecular weight is 326 g/mol. The van der Waals surface area contributed by atoms with E-state index in [1.807, 2.05) is 0 Å². The molecule has 0 saturated carbocycles. The van der Waals surface area contributed by atoms with Gasteiger partial charge in [0, 0.05) is 0 Å². The number of aromatic nitrogens is 4. The molecule has 3 rings (SSSR count). The molecule has 0 aliphatic heterocycles. The Labute approximate surface area is 136 Å². The standard InChI is InChI=1S/C15H14N6O3/c22-14(9-21-10-17-19-20-21)18-13-6-2-1-5-12(13)15(23)16-8-11-4-3-7-24-11/h1-7,10H,8-9H2,(H,16,23)(H,18,22). The number of nitrogens with zero attached hydrogens (tertiary/aromatic N) is 4. The highest BCUT2D eigenvalue weighted by Crippen LogP contribution is 2.15. The van der Waals surface area contributed by atoms with Crippen molar-refractivity contribution in [2.75, 3.05) is 5.32 Å². The summed E-state index contributed by atoms with van der Waals surface area (Å²) in [6.07, 6.45) is 2.87. The maximum absolute atomic E-state index is 12.3. The van der Waals surface area contributed by atoms with E-state index < -0.39 is 0 Å². The van der Waals surface area contributed by atoms with E-state index in [0.717, 1.165) is 0 Å². The number of nitrogens with one attached hydrogen (secondary N) is 2. The highest BCUT2D eigenvalue weighted by atomic mass is 16.3. The topological polar surface area (TPSA) is 115 Å². The average Bonchev–Trinajstić information content (AvgIpc) is 3.26. The van der Waals surface area contributed by atoms with E-state index >= 15 is 0 Å². The van der Waals surface area contributed by atoms with E-state index in [4.69, 9.17) is 4.42 Å². The molecular formula is C15H14N6O3. The lowest BCUT2D eigenvalue weighted by molar-refractivity contribution is -0.116. The Bertz CT molecular complexity index is 814. The van der Waals surface area contributed by atoms with Gasteiger partial charge in [-0.25, -0.2) is 4.68 Å². The molecule has 0 bridgehead atoms. The summed E-state index contributed by atoms with van der Waals surface area (Å²) in [5.74, 6) is -0.0122. The van der Waals surface area contributed by atoms with Crippen LogP contribution < -0.4 is 10.6 Å². The third-order valence-electron chi connectivity index (χ3n) is 3.15. The number of anilines is 1. The summed E-state index contributed by atoms with van der Waals surface area (Å²) < 4.78 is 6.45. The van der Waals surface area contributed by atoms with E-state index in [1.165, 1.54) is 17.3 Å². The second-order valence-corrected chi connectivity index (χ2v) is 4.86. The Morgan fingerprint density at radius 2 is 2.04 bits per heavy atom. The van der Waals surface area contributed by atoms with Crippen LogP contribution in [-0.2, 0) is 17.9 Å². The number of hydrogen-bond acceptors (Lipinski definition) is 6. The molecule has 2 amide bonds. The Hall–Kier alpha value is -3.49. The van der Waals surface area contributed by atoms with Gasteiger partial charge in [0.25, 0.3) is 5.91 Å². The monoisotopic (exact) mass is 326 g/mol. The molecule has 24 heavy (non-hydrogen) atoms. The zero-order valence-electron chi connectivity index (χ0n) is 12.5. The van der Waals surface area contributed by atoms with Crippen LogP contribution in [0.3, 0.4) is 0 Å². The first-order valence-corrected chi connectivity index (χ1v) is 7.12. The molecule has 0 aliphatic rings. The number of furan rings is 1. The molecule has 0 saturated heterocycles. The number of benzene rings is 1. The maximum Gasteiger partial charge on any atom is 0.253 e. The van der Waals surface area contributed by atoms with E-state index in [1.54, 1.807) is 36.4 Å². The second kappa shape index (κ2) is 7.18. The summed E-state index contributed by atoms with van der Waals surface area (Å²) >= 11 is 0. The van der Waals surface area contributed by atoms with Crippen molar-refractivity contribution < 1.29 is 14.0 Å². The fraction of sp³-hybridized carbons (Fsp3) is 0.133. The molecule has 2 heterocycles. The molecular weight excluding hydrogens is 312 g/mol.